The van der Waals surface area contributed by atoms with Crippen molar-refractivity contribution in [3.63, 3.8) is 0 Å². The lowest BCUT2D eigenvalue weighted by Gasteiger charge is -2.34. The van der Waals surface area contributed by atoms with Crippen LogP contribution >= 0.6 is 0 Å². The molecule has 0 N–H and O–H groups in total. The van der Waals surface area contributed by atoms with Crippen molar-refractivity contribution in [1.82, 2.24) is 0 Å². The van der Waals surface area contributed by atoms with Crippen LogP contribution in [0.1, 0.15) is 36.1 Å². The second-order valence-corrected chi connectivity index (χ2v) is 9.88. The van der Waals surface area contributed by atoms with Gasteiger partial charge < -0.3 is 19.3 Å². The Morgan fingerprint density at radius 2 is 1.00 bits per heavy atom. The van der Waals surface area contributed by atoms with Crippen LogP contribution < -0.4 is 19.3 Å². The highest BCUT2D eigenvalue weighted by atomic mass is 16.5. The monoisotopic (exact) mass is 462 g/mol. The Kier molecular flexibility index (Phi) is 5.37. The summed E-state index contributed by atoms with van der Waals surface area (Å²) in [5, 5.41) is 0. The van der Waals surface area contributed by atoms with Gasteiger partial charge in [-0.15, -0.1) is 0 Å². The molecule has 2 aliphatic rings. The van der Waals surface area contributed by atoms with Crippen molar-refractivity contribution in [3.05, 3.63) is 119 Å². The van der Waals surface area contributed by atoms with Crippen LogP contribution in [-0.4, -0.2) is 13.5 Å². The molecule has 4 aromatic rings. The van der Waals surface area contributed by atoms with Gasteiger partial charge in [-0.05, 0) is 59.7 Å². The molecule has 0 spiro atoms. The van der Waals surface area contributed by atoms with E-state index < -0.39 is 0 Å². The molecule has 4 heteroatoms. The summed E-state index contributed by atoms with van der Waals surface area (Å²) in [5.74, 6) is 1.96. The minimum absolute atomic E-state index is 0.159. The van der Waals surface area contributed by atoms with E-state index in [4.69, 9.17) is 9.47 Å². The SMILES string of the molecule is CC(C)(c1ccc2c(c1)CN(c1ccccc1)CO2)c1ccc2c(c1)CN(c1ccccc1)CO2. The fraction of sp³-hybridized carbons (Fsp3) is 0.226. The van der Waals surface area contributed by atoms with Gasteiger partial charge in [-0.25, -0.2) is 0 Å². The van der Waals surface area contributed by atoms with Crippen LogP contribution in [0, 0.1) is 0 Å². The Balaban J connectivity index is 1.28. The van der Waals surface area contributed by atoms with E-state index in [9.17, 15) is 0 Å². The van der Waals surface area contributed by atoms with Gasteiger partial charge >= 0.3 is 0 Å². The first-order valence-corrected chi connectivity index (χ1v) is 12.2. The zero-order chi connectivity index (χ0) is 23.8. The molecule has 0 radical (unpaired) electrons. The Hall–Kier alpha value is -3.92. The largest absolute Gasteiger partial charge is 0.473 e. The molecule has 0 bridgehead atoms. The van der Waals surface area contributed by atoms with Crippen LogP contribution in [0.15, 0.2) is 97.1 Å². The van der Waals surface area contributed by atoms with E-state index in [1.807, 2.05) is 12.1 Å². The van der Waals surface area contributed by atoms with E-state index in [0.29, 0.717) is 13.5 Å². The van der Waals surface area contributed by atoms with Crippen LogP contribution in [-0.2, 0) is 18.5 Å². The van der Waals surface area contributed by atoms with Crippen molar-refractivity contribution in [1.29, 1.82) is 0 Å². The van der Waals surface area contributed by atoms with E-state index in [1.165, 1.54) is 33.6 Å². The Morgan fingerprint density at radius 1 is 0.571 bits per heavy atom. The number of hydrogen-bond acceptors (Lipinski definition) is 4. The molecule has 2 aliphatic heterocycles. The Labute approximate surface area is 207 Å². The molecular formula is C31H30N2O2. The second-order valence-electron chi connectivity index (χ2n) is 9.88. The van der Waals surface area contributed by atoms with Gasteiger partial charge in [-0.3, -0.25) is 0 Å². The zero-order valence-corrected chi connectivity index (χ0v) is 20.3. The first kappa shape index (κ1) is 21.6. The van der Waals surface area contributed by atoms with Gasteiger partial charge in [0.1, 0.15) is 11.5 Å². The first-order valence-electron chi connectivity index (χ1n) is 12.2. The smallest absolute Gasteiger partial charge is 0.161 e. The molecule has 0 fully saturated rings. The normalized spacial score (nSPS) is 15.0. The van der Waals surface area contributed by atoms with Crippen LogP contribution in [0.4, 0.5) is 11.4 Å². The maximum Gasteiger partial charge on any atom is 0.161 e. The summed E-state index contributed by atoms with van der Waals surface area (Å²) >= 11 is 0. The number of para-hydroxylation sites is 2. The first-order chi connectivity index (χ1) is 17.1. The predicted octanol–water partition coefficient (Wildman–Crippen LogP) is 6.73. The Morgan fingerprint density at radius 3 is 1.43 bits per heavy atom. The van der Waals surface area contributed by atoms with Gasteiger partial charge in [0.25, 0.3) is 0 Å². The molecule has 0 unspecified atom stereocenters. The van der Waals surface area contributed by atoms with Gasteiger partial charge in [0.2, 0.25) is 0 Å². The highest BCUT2D eigenvalue weighted by molar-refractivity contribution is 5.54. The number of anilines is 2. The molecule has 0 atom stereocenters. The van der Waals surface area contributed by atoms with Gasteiger partial charge in [0.05, 0.1) is 0 Å². The van der Waals surface area contributed by atoms with Crippen molar-refractivity contribution in [2.75, 3.05) is 23.3 Å². The third-order valence-electron chi connectivity index (χ3n) is 7.28. The van der Waals surface area contributed by atoms with E-state index in [0.717, 1.165) is 24.6 Å². The standard InChI is InChI=1S/C31H30N2O2/c1-31(2,25-13-15-29-23(17-25)19-32(21-34-29)27-9-5-3-6-10-27)26-14-16-30-24(18-26)20-33(22-35-30)28-11-7-4-8-12-28/h3-18H,19-22H2,1-2H3. The number of benzene rings is 4. The molecule has 0 aromatic heterocycles. The van der Waals surface area contributed by atoms with Crippen LogP contribution in [0.3, 0.4) is 0 Å². The van der Waals surface area contributed by atoms with Crippen LogP contribution in [0.5, 0.6) is 11.5 Å². The van der Waals surface area contributed by atoms with E-state index in [-0.39, 0.29) is 5.41 Å². The van der Waals surface area contributed by atoms with Gasteiger partial charge in [0.15, 0.2) is 13.5 Å². The maximum atomic E-state index is 6.10. The maximum absolute atomic E-state index is 6.10. The fourth-order valence-corrected chi connectivity index (χ4v) is 5.04. The molecular weight excluding hydrogens is 432 g/mol. The van der Waals surface area contributed by atoms with Crippen LogP contribution in [0.25, 0.3) is 0 Å². The Bertz CT molecular complexity index is 1230. The minimum Gasteiger partial charge on any atom is -0.473 e. The number of nitrogens with zero attached hydrogens (tertiary/aromatic N) is 2. The lowest BCUT2D eigenvalue weighted by molar-refractivity contribution is 0.288. The number of hydrogen-bond donors (Lipinski definition) is 0. The van der Waals surface area contributed by atoms with Crippen LogP contribution in [0.2, 0.25) is 0 Å². The third-order valence-corrected chi connectivity index (χ3v) is 7.28. The predicted molar refractivity (Wildman–Crippen MR) is 141 cm³/mol. The quantitative estimate of drug-likeness (QED) is 0.336. The number of rotatable bonds is 4. The molecule has 176 valence electrons. The molecule has 35 heavy (non-hydrogen) atoms. The van der Waals surface area contributed by atoms with Gasteiger partial charge in [0, 0.05) is 41.0 Å². The molecule has 0 aliphatic carbocycles. The lowest BCUT2D eigenvalue weighted by Crippen LogP contribution is -2.32. The van der Waals surface area contributed by atoms with E-state index in [1.54, 1.807) is 0 Å². The average molecular weight is 463 g/mol. The zero-order valence-electron chi connectivity index (χ0n) is 20.3. The van der Waals surface area contributed by atoms with Crippen molar-refractivity contribution in [2.45, 2.75) is 32.4 Å². The highest BCUT2D eigenvalue weighted by Gasteiger charge is 2.28. The summed E-state index contributed by atoms with van der Waals surface area (Å²) in [4.78, 5) is 4.54. The second kappa shape index (κ2) is 8.70. The highest BCUT2D eigenvalue weighted by Crippen LogP contribution is 2.39. The average Bonchev–Trinajstić information content (AvgIpc) is 2.92. The number of ether oxygens (including phenoxy) is 2. The van der Waals surface area contributed by atoms with Crippen molar-refractivity contribution < 1.29 is 9.47 Å². The third kappa shape index (κ3) is 4.10. The van der Waals surface area contributed by atoms with Crippen molar-refractivity contribution >= 4 is 11.4 Å². The summed E-state index contributed by atoms with van der Waals surface area (Å²) in [6, 6.07) is 34.2. The topological polar surface area (TPSA) is 24.9 Å². The summed E-state index contributed by atoms with van der Waals surface area (Å²) in [7, 11) is 0. The molecule has 0 amide bonds. The summed E-state index contributed by atoms with van der Waals surface area (Å²) in [5.41, 5.74) is 7.22. The van der Waals surface area contributed by atoms with E-state index >= 15 is 0 Å². The molecule has 4 nitrogen and oxygen atoms in total. The van der Waals surface area contributed by atoms with Gasteiger partial charge in [-0.2, -0.15) is 0 Å². The number of fused-ring (bicyclic) bond motifs is 2. The summed E-state index contributed by atoms with van der Waals surface area (Å²) in [6.07, 6.45) is 0. The molecule has 0 saturated heterocycles. The van der Waals surface area contributed by atoms with Crippen molar-refractivity contribution in [2.24, 2.45) is 0 Å². The lowest BCUT2D eigenvalue weighted by atomic mass is 9.77. The van der Waals surface area contributed by atoms with Crippen molar-refractivity contribution in [3.8, 4) is 11.5 Å². The molecule has 2 heterocycles. The summed E-state index contributed by atoms with van der Waals surface area (Å²) < 4.78 is 12.2. The minimum atomic E-state index is -0.159. The molecule has 0 saturated carbocycles. The molecule has 6 rings (SSSR count). The fourth-order valence-electron chi connectivity index (χ4n) is 5.04. The molecule has 4 aromatic carbocycles. The van der Waals surface area contributed by atoms with Gasteiger partial charge in [-0.1, -0.05) is 62.4 Å². The van der Waals surface area contributed by atoms with E-state index in [2.05, 4.69) is 109 Å². The summed E-state index contributed by atoms with van der Waals surface area (Å²) in [6.45, 7) is 7.42.